The molecule has 1 aromatic heterocycles. The Kier molecular flexibility index (Phi) is 4.40. The SMILES string of the molecule is COC(=O)COc1ccc(I)nc1Cl. The van der Waals surface area contributed by atoms with Crippen LogP contribution in [0.3, 0.4) is 0 Å². The summed E-state index contributed by atoms with van der Waals surface area (Å²) in [5.41, 5.74) is 0. The minimum atomic E-state index is -0.459. The van der Waals surface area contributed by atoms with Crippen LogP contribution in [0.4, 0.5) is 0 Å². The molecule has 0 unspecified atom stereocenters. The van der Waals surface area contributed by atoms with E-state index in [0.717, 1.165) is 3.70 Å². The molecule has 0 amide bonds. The highest BCUT2D eigenvalue weighted by atomic mass is 127. The topological polar surface area (TPSA) is 48.4 Å². The third kappa shape index (κ3) is 3.30. The Balaban J connectivity index is 2.63. The van der Waals surface area contributed by atoms with Crippen LogP contribution in [0.25, 0.3) is 0 Å². The molecule has 6 heteroatoms. The molecule has 1 aromatic rings. The van der Waals surface area contributed by atoms with Gasteiger partial charge in [0.25, 0.3) is 0 Å². The molecule has 0 fully saturated rings. The summed E-state index contributed by atoms with van der Waals surface area (Å²) < 4.78 is 10.2. The number of aromatic nitrogens is 1. The zero-order chi connectivity index (χ0) is 10.6. The standard InChI is InChI=1S/C8H7ClINO3/c1-13-7(12)4-14-5-2-3-6(10)11-8(5)9/h2-3H,4H2,1H3. The van der Waals surface area contributed by atoms with Gasteiger partial charge < -0.3 is 9.47 Å². The molecule has 0 saturated carbocycles. The Hall–Kier alpha value is -0.560. The number of nitrogens with zero attached hydrogens (tertiary/aromatic N) is 1. The van der Waals surface area contributed by atoms with Crippen LogP contribution in [-0.2, 0) is 9.53 Å². The average Bonchev–Trinajstić information content (AvgIpc) is 2.16. The second-order valence-electron chi connectivity index (χ2n) is 2.29. The van der Waals surface area contributed by atoms with Crippen molar-refractivity contribution in [2.24, 2.45) is 0 Å². The van der Waals surface area contributed by atoms with E-state index in [-0.39, 0.29) is 11.8 Å². The molecule has 0 bridgehead atoms. The first-order chi connectivity index (χ1) is 6.63. The Morgan fingerprint density at radius 3 is 2.93 bits per heavy atom. The minimum Gasteiger partial charge on any atom is -0.479 e. The van der Waals surface area contributed by atoms with Crippen LogP contribution in [0.2, 0.25) is 5.15 Å². The number of rotatable bonds is 3. The van der Waals surface area contributed by atoms with Crippen molar-refractivity contribution in [2.45, 2.75) is 0 Å². The van der Waals surface area contributed by atoms with Crippen LogP contribution in [0.5, 0.6) is 5.75 Å². The highest BCUT2D eigenvalue weighted by molar-refractivity contribution is 14.1. The molecule has 76 valence electrons. The second-order valence-corrected chi connectivity index (χ2v) is 3.75. The zero-order valence-electron chi connectivity index (χ0n) is 7.29. The number of halogens is 2. The van der Waals surface area contributed by atoms with Gasteiger partial charge in [0.2, 0.25) is 0 Å². The van der Waals surface area contributed by atoms with E-state index in [4.69, 9.17) is 16.3 Å². The fourth-order valence-electron chi connectivity index (χ4n) is 0.703. The summed E-state index contributed by atoms with van der Waals surface area (Å²) >= 11 is 7.79. The van der Waals surface area contributed by atoms with Gasteiger partial charge in [-0.25, -0.2) is 9.78 Å². The van der Waals surface area contributed by atoms with Gasteiger partial charge in [0, 0.05) is 0 Å². The van der Waals surface area contributed by atoms with Crippen molar-refractivity contribution in [1.82, 2.24) is 4.98 Å². The maximum absolute atomic E-state index is 10.8. The van der Waals surface area contributed by atoms with Gasteiger partial charge in [-0.1, -0.05) is 11.6 Å². The molecule has 0 aliphatic carbocycles. The maximum atomic E-state index is 10.8. The lowest BCUT2D eigenvalue weighted by Crippen LogP contribution is -2.12. The van der Waals surface area contributed by atoms with E-state index in [0.29, 0.717) is 5.75 Å². The predicted octanol–water partition coefficient (Wildman–Crippen LogP) is 1.89. The van der Waals surface area contributed by atoms with Crippen molar-refractivity contribution in [2.75, 3.05) is 13.7 Å². The molecule has 1 heterocycles. The van der Waals surface area contributed by atoms with Crippen molar-refractivity contribution in [3.63, 3.8) is 0 Å². The number of ether oxygens (including phenoxy) is 2. The molecule has 14 heavy (non-hydrogen) atoms. The number of hydrogen-bond acceptors (Lipinski definition) is 4. The molecule has 0 N–H and O–H groups in total. The van der Waals surface area contributed by atoms with Gasteiger partial charge in [-0.2, -0.15) is 0 Å². The van der Waals surface area contributed by atoms with Crippen LogP contribution in [0.1, 0.15) is 0 Å². The molecule has 4 nitrogen and oxygen atoms in total. The normalized spacial score (nSPS) is 9.64. The van der Waals surface area contributed by atoms with Crippen LogP contribution in [0.15, 0.2) is 12.1 Å². The highest BCUT2D eigenvalue weighted by Crippen LogP contribution is 2.22. The molecule has 0 aliphatic rings. The van der Waals surface area contributed by atoms with Crippen LogP contribution in [-0.4, -0.2) is 24.7 Å². The van der Waals surface area contributed by atoms with Crippen molar-refractivity contribution >= 4 is 40.2 Å². The molecule has 0 radical (unpaired) electrons. The Labute approximate surface area is 99.7 Å². The first-order valence-corrected chi connectivity index (χ1v) is 5.11. The third-order valence-corrected chi connectivity index (χ3v) is 2.23. The lowest BCUT2D eigenvalue weighted by atomic mass is 10.5. The van der Waals surface area contributed by atoms with Crippen molar-refractivity contribution < 1.29 is 14.3 Å². The molecular weight excluding hydrogens is 320 g/mol. The Bertz CT molecular complexity index is 345. The molecule has 0 aromatic carbocycles. The van der Waals surface area contributed by atoms with Crippen molar-refractivity contribution in [3.8, 4) is 5.75 Å². The van der Waals surface area contributed by atoms with E-state index in [1.54, 1.807) is 12.1 Å². The Morgan fingerprint density at radius 1 is 1.64 bits per heavy atom. The molecule has 1 rings (SSSR count). The lowest BCUT2D eigenvalue weighted by Gasteiger charge is -2.05. The van der Waals surface area contributed by atoms with E-state index >= 15 is 0 Å². The number of carbonyl (C=O) groups excluding carboxylic acids is 1. The van der Waals surface area contributed by atoms with Gasteiger partial charge in [0.05, 0.1) is 7.11 Å². The maximum Gasteiger partial charge on any atom is 0.343 e. The molecule has 0 atom stereocenters. The molecule has 0 spiro atoms. The summed E-state index contributed by atoms with van der Waals surface area (Å²) in [5, 5.41) is 0.237. The quantitative estimate of drug-likeness (QED) is 0.483. The van der Waals surface area contributed by atoms with Gasteiger partial charge >= 0.3 is 5.97 Å². The summed E-state index contributed by atoms with van der Waals surface area (Å²) in [4.78, 5) is 14.7. The van der Waals surface area contributed by atoms with Crippen LogP contribution in [0, 0.1) is 3.70 Å². The summed E-state index contributed by atoms with van der Waals surface area (Å²) in [5.74, 6) is -0.0860. The number of esters is 1. The number of hydrogen-bond donors (Lipinski definition) is 0. The van der Waals surface area contributed by atoms with E-state index in [2.05, 4.69) is 9.72 Å². The molecular formula is C8H7ClINO3. The fourth-order valence-corrected chi connectivity index (χ4v) is 1.47. The van der Waals surface area contributed by atoms with Crippen molar-refractivity contribution in [3.05, 3.63) is 21.0 Å². The van der Waals surface area contributed by atoms with Crippen molar-refractivity contribution in [1.29, 1.82) is 0 Å². The minimum absolute atomic E-state index is 0.168. The first-order valence-electron chi connectivity index (χ1n) is 3.65. The van der Waals surface area contributed by atoms with Crippen LogP contribution >= 0.6 is 34.2 Å². The molecule has 0 saturated heterocycles. The number of methoxy groups -OCH3 is 1. The fraction of sp³-hybridized carbons (Fsp3) is 0.250. The predicted molar refractivity (Wildman–Crippen MR) is 59.5 cm³/mol. The van der Waals surface area contributed by atoms with Gasteiger partial charge in [0.15, 0.2) is 17.5 Å². The summed E-state index contributed by atoms with van der Waals surface area (Å²) in [6.07, 6.45) is 0. The molecule has 0 aliphatic heterocycles. The van der Waals surface area contributed by atoms with Gasteiger partial charge in [-0.3, -0.25) is 0 Å². The number of pyridine rings is 1. The third-order valence-electron chi connectivity index (χ3n) is 1.35. The van der Waals surface area contributed by atoms with E-state index in [1.807, 2.05) is 22.6 Å². The zero-order valence-corrected chi connectivity index (χ0v) is 10.2. The summed E-state index contributed by atoms with van der Waals surface area (Å²) in [6.45, 7) is -0.168. The highest BCUT2D eigenvalue weighted by Gasteiger charge is 2.06. The summed E-state index contributed by atoms with van der Waals surface area (Å²) in [6, 6.07) is 3.39. The first kappa shape index (κ1) is 11.5. The lowest BCUT2D eigenvalue weighted by molar-refractivity contribution is -0.142. The van der Waals surface area contributed by atoms with E-state index < -0.39 is 5.97 Å². The van der Waals surface area contributed by atoms with Gasteiger partial charge in [-0.15, -0.1) is 0 Å². The smallest absolute Gasteiger partial charge is 0.343 e. The van der Waals surface area contributed by atoms with Gasteiger partial charge in [-0.05, 0) is 34.7 Å². The largest absolute Gasteiger partial charge is 0.479 e. The monoisotopic (exact) mass is 327 g/mol. The van der Waals surface area contributed by atoms with E-state index in [1.165, 1.54) is 7.11 Å². The number of carbonyl (C=O) groups is 1. The van der Waals surface area contributed by atoms with Crippen LogP contribution < -0.4 is 4.74 Å². The van der Waals surface area contributed by atoms with E-state index in [9.17, 15) is 4.79 Å². The average molecular weight is 328 g/mol. The van der Waals surface area contributed by atoms with Gasteiger partial charge in [0.1, 0.15) is 3.70 Å². The summed E-state index contributed by atoms with van der Waals surface area (Å²) in [7, 11) is 1.29. The second kappa shape index (κ2) is 5.35. The Morgan fingerprint density at radius 2 is 2.36 bits per heavy atom.